The highest BCUT2D eigenvalue weighted by molar-refractivity contribution is 9.12. The summed E-state index contributed by atoms with van der Waals surface area (Å²) in [6.07, 6.45) is 7.33. The minimum absolute atomic E-state index is 0.599. The lowest BCUT2D eigenvalue weighted by Gasteiger charge is -2.30. The molecule has 3 heteroatoms. The summed E-state index contributed by atoms with van der Waals surface area (Å²) in [7, 11) is 2.24. The van der Waals surface area contributed by atoms with Crippen molar-refractivity contribution >= 4 is 31.9 Å². The first-order valence-electron chi connectivity index (χ1n) is 10.2. The molecule has 3 rings (SSSR count). The number of benzene rings is 2. The maximum absolute atomic E-state index is 3.83. The minimum atomic E-state index is 0.599. The molecule has 0 aliphatic heterocycles. The molecule has 3 unspecified atom stereocenters. The summed E-state index contributed by atoms with van der Waals surface area (Å²) in [6, 6.07) is 20.2. The van der Waals surface area contributed by atoms with Gasteiger partial charge >= 0.3 is 0 Å². The number of alkyl halides is 2. The molecule has 1 nitrogen and oxygen atoms in total. The molecule has 27 heavy (non-hydrogen) atoms. The lowest BCUT2D eigenvalue weighted by Crippen LogP contribution is -2.24. The Bertz CT molecular complexity index is 671. The van der Waals surface area contributed by atoms with E-state index in [1.54, 1.807) is 0 Å². The van der Waals surface area contributed by atoms with E-state index in [9.17, 15) is 0 Å². The Morgan fingerprint density at radius 2 is 1.52 bits per heavy atom. The van der Waals surface area contributed by atoms with Crippen molar-refractivity contribution in [1.29, 1.82) is 0 Å². The van der Waals surface area contributed by atoms with Gasteiger partial charge in [0.15, 0.2) is 0 Å². The van der Waals surface area contributed by atoms with Crippen LogP contribution in [0.25, 0.3) is 0 Å². The van der Waals surface area contributed by atoms with E-state index in [2.05, 4.69) is 98.4 Å². The third kappa shape index (κ3) is 6.73. The number of nitrogens with zero attached hydrogens (tertiary/aromatic N) is 1. The van der Waals surface area contributed by atoms with Gasteiger partial charge in [-0.3, -0.25) is 0 Å². The second-order valence-electron chi connectivity index (χ2n) is 7.93. The van der Waals surface area contributed by atoms with Gasteiger partial charge in [-0.1, -0.05) is 86.5 Å². The van der Waals surface area contributed by atoms with Crippen LogP contribution in [-0.4, -0.2) is 34.7 Å². The van der Waals surface area contributed by atoms with Crippen LogP contribution >= 0.6 is 31.9 Å². The Kier molecular flexibility index (Phi) is 8.42. The highest BCUT2D eigenvalue weighted by atomic mass is 79.9. The fourth-order valence-electron chi connectivity index (χ4n) is 3.97. The molecule has 0 saturated heterocycles. The number of likely N-dealkylation sites (N-methyl/N-ethyl adjacent to an activating group) is 1. The maximum atomic E-state index is 3.83. The Hall–Kier alpha value is -0.640. The largest absolute Gasteiger partial charge is 0.306 e. The SMILES string of the molecule is CN(CCCc1ccc(C2CCC(Br)C(Br)C2)cc1)CCc1ccccc1. The Balaban J connectivity index is 1.38. The Morgan fingerprint density at radius 1 is 0.815 bits per heavy atom. The van der Waals surface area contributed by atoms with Gasteiger partial charge in [0.1, 0.15) is 0 Å². The second kappa shape index (κ2) is 10.8. The molecule has 1 aliphatic rings. The molecule has 1 aliphatic carbocycles. The van der Waals surface area contributed by atoms with Crippen LogP contribution in [0.5, 0.6) is 0 Å². The lowest BCUT2D eigenvalue weighted by atomic mass is 9.83. The molecule has 2 aromatic rings. The van der Waals surface area contributed by atoms with Crippen molar-refractivity contribution in [3.63, 3.8) is 0 Å². The fraction of sp³-hybridized carbons (Fsp3) is 0.500. The van der Waals surface area contributed by atoms with E-state index in [1.807, 2.05) is 0 Å². The first kappa shape index (κ1) is 21.1. The second-order valence-corrected chi connectivity index (χ2v) is 10.3. The summed E-state index contributed by atoms with van der Waals surface area (Å²) in [6.45, 7) is 2.29. The van der Waals surface area contributed by atoms with Crippen LogP contribution in [-0.2, 0) is 12.8 Å². The topological polar surface area (TPSA) is 3.24 Å². The van der Waals surface area contributed by atoms with E-state index in [1.165, 1.54) is 48.8 Å². The number of halogens is 2. The average molecular weight is 493 g/mol. The van der Waals surface area contributed by atoms with E-state index in [-0.39, 0.29) is 0 Å². The summed E-state index contributed by atoms with van der Waals surface area (Å²) in [4.78, 5) is 3.69. The molecule has 0 bridgehead atoms. The van der Waals surface area contributed by atoms with Gasteiger partial charge in [0.05, 0.1) is 0 Å². The lowest BCUT2D eigenvalue weighted by molar-refractivity contribution is 0.333. The number of hydrogen-bond donors (Lipinski definition) is 0. The third-order valence-corrected chi connectivity index (χ3v) is 8.59. The van der Waals surface area contributed by atoms with Gasteiger partial charge in [-0.15, -0.1) is 0 Å². The standard InChI is InChI=1S/C24H31Br2N/c1-27(17-15-19-6-3-2-4-7-19)16-5-8-20-9-11-21(12-10-20)22-13-14-23(25)24(26)18-22/h2-4,6-7,9-12,22-24H,5,8,13-18H2,1H3. The molecule has 0 aromatic heterocycles. The molecule has 2 aromatic carbocycles. The number of aryl methyl sites for hydroxylation is 1. The van der Waals surface area contributed by atoms with Crippen LogP contribution in [0.2, 0.25) is 0 Å². The molecule has 1 saturated carbocycles. The molecule has 1 fully saturated rings. The molecule has 0 spiro atoms. The zero-order valence-corrected chi connectivity index (χ0v) is 19.5. The van der Waals surface area contributed by atoms with Gasteiger partial charge in [-0.25, -0.2) is 0 Å². The summed E-state index contributed by atoms with van der Waals surface area (Å²) in [5.41, 5.74) is 4.42. The van der Waals surface area contributed by atoms with Gasteiger partial charge in [0.25, 0.3) is 0 Å². The first-order chi connectivity index (χ1) is 13.1. The highest BCUT2D eigenvalue weighted by Gasteiger charge is 2.27. The van der Waals surface area contributed by atoms with Crippen LogP contribution in [0.1, 0.15) is 48.3 Å². The van der Waals surface area contributed by atoms with E-state index in [0.29, 0.717) is 15.6 Å². The van der Waals surface area contributed by atoms with Crippen LogP contribution in [0.3, 0.4) is 0 Å². The smallest absolute Gasteiger partial charge is 0.0276 e. The van der Waals surface area contributed by atoms with Gasteiger partial charge < -0.3 is 4.90 Å². The molecular formula is C24H31Br2N. The van der Waals surface area contributed by atoms with Crippen molar-refractivity contribution in [3.05, 3.63) is 71.3 Å². The summed E-state index contributed by atoms with van der Waals surface area (Å²) >= 11 is 7.61. The van der Waals surface area contributed by atoms with E-state index < -0.39 is 0 Å². The van der Waals surface area contributed by atoms with Crippen LogP contribution in [0, 0.1) is 0 Å². The van der Waals surface area contributed by atoms with Crippen molar-refractivity contribution in [2.24, 2.45) is 0 Å². The van der Waals surface area contributed by atoms with Gasteiger partial charge in [-0.2, -0.15) is 0 Å². The Labute approximate surface area is 181 Å². The quantitative estimate of drug-likeness (QED) is 0.375. The van der Waals surface area contributed by atoms with Crippen molar-refractivity contribution < 1.29 is 0 Å². The molecule has 0 radical (unpaired) electrons. The zero-order valence-electron chi connectivity index (χ0n) is 16.3. The molecule has 0 heterocycles. The van der Waals surface area contributed by atoms with Gasteiger partial charge in [0, 0.05) is 16.2 Å². The molecule has 0 N–H and O–H groups in total. The number of rotatable bonds is 8. The fourth-order valence-corrected chi connectivity index (χ4v) is 5.16. The van der Waals surface area contributed by atoms with Crippen molar-refractivity contribution in [1.82, 2.24) is 4.90 Å². The van der Waals surface area contributed by atoms with Crippen LogP contribution in [0.4, 0.5) is 0 Å². The first-order valence-corrected chi connectivity index (χ1v) is 12.0. The summed E-state index contributed by atoms with van der Waals surface area (Å²) in [5, 5.41) is 0. The maximum Gasteiger partial charge on any atom is 0.0276 e. The zero-order chi connectivity index (χ0) is 19.1. The van der Waals surface area contributed by atoms with E-state index >= 15 is 0 Å². The predicted octanol–water partition coefficient (Wildman–Crippen LogP) is 6.59. The average Bonchev–Trinajstić information content (AvgIpc) is 2.70. The third-order valence-electron chi connectivity index (χ3n) is 5.77. The van der Waals surface area contributed by atoms with E-state index in [0.717, 1.165) is 19.5 Å². The van der Waals surface area contributed by atoms with Crippen LogP contribution < -0.4 is 0 Å². The van der Waals surface area contributed by atoms with Gasteiger partial charge in [-0.05, 0) is 74.7 Å². The van der Waals surface area contributed by atoms with Crippen molar-refractivity contribution in [2.45, 2.75) is 54.1 Å². The highest BCUT2D eigenvalue weighted by Crippen LogP contribution is 2.39. The number of hydrogen-bond acceptors (Lipinski definition) is 1. The summed E-state index contributed by atoms with van der Waals surface area (Å²) < 4.78 is 0. The van der Waals surface area contributed by atoms with Gasteiger partial charge in [0.2, 0.25) is 0 Å². The monoisotopic (exact) mass is 491 g/mol. The predicted molar refractivity (Wildman–Crippen MR) is 124 cm³/mol. The van der Waals surface area contributed by atoms with Crippen molar-refractivity contribution in [3.8, 4) is 0 Å². The van der Waals surface area contributed by atoms with Crippen molar-refractivity contribution in [2.75, 3.05) is 20.1 Å². The summed E-state index contributed by atoms with van der Waals surface area (Å²) in [5.74, 6) is 0.710. The molecule has 146 valence electrons. The normalized spacial score (nSPS) is 22.9. The van der Waals surface area contributed by atoms with Crippen LogP contribution in [0.15, 0.2) is 54.6 Å². The Morgan fingerprint density at radius 3 is 2.22 bits per heavy atom. The van der Waals surface area contributed by atoms with E-state index in [4.69, 9.17) is 0 Å². The molecule has 0 amide bonds. The molecule has 3 atom stereocenters. The molecular weight excluding hydrogens is 462 g/mol. The minimum Gasteiger partial charge on any atom is -0.306 e.